The molecule has 0 saturated carbocycles. The number of hydrogen-bond acceptors (Lipinski definition) is 4. The topological polar surface area (TPSA) is 67.9 Å². The molecule has 150 valence electrons. The smallest absolute Gasteiger partial charge is 0.261 e. The summed E-state index contributed by atoms with van der Waals surface area (Å²) >= 11 is 3.36. The van der Waals surface area contributed by atoms with Gasteiger partial charge in [0, 0.05) is 17.6 Å². The second-order valence-corrected chi connectivity index (χ2v) is 7.10. The third-order valence-corrected chi connectivity index (χ3v) is 4.73. The summed E-state index contributed by atoms with van der Waals surface area (Å²) in [5.41, 5.74) is 0.897. The zero-order valence-electron chi connectivity index (χ0n) is 16.3. The lowest BCUT2D eigenvalue weighted by atomic mass is 10.1. The second kappa shape index (κ2) is 10.7. The fraction of sp³-hybridized carbons (Fsp3) is 0.333. The predicted molar refractivity (Wildman–Crippen MR) is 111 cm³/mol. The lowest BCUT2D eigenvalue weighted by molar-refractivity contribution is -0.142. The molecule has 0 fully saturated rings. The third-order valence-electron chi connectivity index (χ3n) is 4.21. The molecule has 0 aromatic heterocycles. The van der Waals surface area contributed by atoms with Crippen molar-refractivity contribution < 1.29 is 19.1 Å². The van der Waals surface area contributed by atoms with Gasteiger partial charge >= 0.3 is 0 Å². The van der Waals surface area contributed by atoms with E-state index < -0.39 is 6.04 Å². The standard InChI is InChI=1S/C21H25BrN2O4/c1-4-23-21(26)15(2)24(13-16-5-9-18(27-3)10-6-16)20(25)14-28-19-11-7-17(22)8-12-19/h5-12,15H,4,13-14H2,1-3H3,(H,23,26). The Bertz CT molecular complexity index is 778. The average Bonchev–Trinajstić information content (AvgIpc) is 2.71. The number of amides is 2. The Labute approximate surface area is 174 Å². The van der Waals surface area contributed by atoms with E-state index in [-0.39, 0.29) is 18.4 Å². The van der Waals surface area contributed by atoms with E-state index in [1.54, 1.807) is 26.2 Å². The molecular formula is C21H25BrN2O4. The first-order chi connectivity index (χ1) is 13.4. The van der Waals surface area contributed by atoms with E-state index >= 15 is 0 Å². The van der Waals surface area contributed by atoms with Crippen molar-refractivity contribution in [2.24, 2.45) is 0 Å². The van der Waals surface area contributed by atoms with Gasteiger partial charge in [-0.05, 0) is 55.8 Å². The molecule has 1 unspecified atom stereocenters. The number of ether oxygens (including phenoxy) is 2. The first kappa shape index (κ1) is 21.8. The first-order valence-electron chi connectivity index (χ1n) is 9.03. The number of methoxy groups -OCH3 is 1. The molecule has 2 aromatic carbocycles. The number of hydrogen-bond donors (Lipinski definition) is 1. The minimum atomic E-state index is -0.622. The largest absolute Gasteiger partial charge is 0.497 e. The van der Waals surface area contributed by atoms with E-state index in [2.05, 4.69) is 21.2 Å². The van der Waals surface area contributed by atoms with Gasteiger partial charge in [0.25, 0.3) is 5.91 Å². The molecule has 1 N–H and O–H groups in total. The van der Waals surface area contributed by atoms with Crippen LogP contribution in [0.25, 0.3) is 0 Å². The molecule has 6 nitrogen and oxygen atoms in total. The van der Waals surface area contributed by atoms with Gasteiger partial charge < -0.3 is 19.7 Å². The number of carbonyl (C=O) groups is 2. The number of halogens is 1. The number of likely N-dealkylation sites (N-methyl/N-ethyl adjacent to an activating group) is 1. The Morgan fingerprint density at radius 1 is 1.07 bits per heavy atom. The molecule has 28 heavy (non-hydrogen) atoms. The quantitative estimate of drug-likeness (QED) is 0.638. The minimum Gasteiger partial charge on any atom is -0.497 e. The van der Waals surface area contributed by atoms with Crippen molar-refractivity contribution in [1.82, 2.24) is 10.2 Å². The van der Waals surface area contributed by atoms with E-state index in [9.17, 15) is 9.59 Å². The lowest BCUT2D eigenvalue weighted by Gasteiger charge is -2.28. The van der Waals surface area contributed by atoms with Gasteiger partial charge in [-0.2, -0.15) is 0 Å². The maximum absolute atomic E-state index is 12.8. The van der Waals surface area contributed by atoms with Crippen LogP contribution in [0.4, 0.5) is 0 Å². The summed E-state index contributed by atoms with van der Waals surface area (Å²) in [6, 6.07) is 14.0. The number of rotatable bonds is 9. The van der Waals surface area contributed by atoms with Gasteiger partial charge in [0.1, 0.15) is 17.5 Å². The number of nitrogens with zero attached hydrogens (tertiary/aromatic N) is 1. The zero-order valence-corrected chi connectivity index (χ0v) is 17.9. The molecule has 0 radical (unpaired) electrons. The number of carbonyl (C=O) groups excluding carboxylic acids is 2. The van der Waals surface area contributed by atoms with Crippen molar-refractivity contribution in [3.8, 4) is 11.5 Å². The van der Waals surface area contributed by atoms with E-state index in [1.165, 1.54) is 4.90 Å². The predicted octanol–water partition coefficient (Wildman–Crippen LogP) is 3.39. The second-order valence-electron chi connectivity index (χ2n) is 6.18. The Morgan fingerprint density at radius 2 is 1.68 bits per heavy atom. The SMILES string of the molecule is CCNC(=O)C(C)N(Cc1ccc(OC)cc1)C(=O)COc1ccc(Br)cc1. The third kappa shape index (κ3) is 6.27. The summed E-state index contributed by atoms with van der Waals surface area (Å²) in [6.07, 6.45) is 0. The van der Waals surface area contributed by atoms with Crippen molar-refractivity contribution >= 4 is 27.7 Å². The summed E-state index contributed by atoms with van der Waals surface area (Å²) in [5, 5.41) is 2.77. The maximum Gasteiger partial charge on any atom is 0.261 e. The monoisotopic (exact) mass is 448 g/mol. The molecule has 0 aliphatic heterocycles. The van der Waals surface area contributed by atoms with E-state index in [0.29, 0.717) is 18.8 Å². The van der Waals surface area contributed by atoms with Gasteiger partial charge in [-0.3, -0.25) is 9.59 Å². The van der Waals surface area contributed by atoms with Crippen LogP contribution in [0, 0.1) is 0 Å². The summed E-state index contributed by atoms with van der Waals surface area (Å²) in [5.74, 6) is 0.856. The van der Waals surface area contributed by atoms with Crippen LogP contribution in [0.3, 0.4) is 0 Å². The number of benzene rings is 2. The molecule has 0 heterocycles. The molecule has 0 saturated heterocycles. The van der Waals surface area contributed by atoms with Crippen LogP contribution in [-0.4, -0.2) is 43.0 Å². The molecule has 2 amide bonds. The van der Waals surface area contributed by atoms with Crippen molar-refractivity contribution in [2.75, 3.05) is 20.3 Å². The molecule has 0 bridgehead atoms. The Morgan fingerprint density at radius 3 is 2.25 bits per heavy atom. The molecule has 0 aliphatic rings. The van der Waals surface area contributed by atoms with Crippen molar-refractivity contribution in [3.63, 3.8) is 0 Å². The van der Waals surface area contributed by atoms with Gasteiger partial charge in [0.05, 0.1) is 7.11 Å². The van der Waals surface area contributed by atoms with Crippen LogP contribution in [-0.2, 0) is 16.1 Å². The Kier molecular flexibility index (Phi) is 8.32. The van der Waals surface area contributed by atoms with E-state index in [4.69, 9.17) is 9.47 Å². The Hall–Kier alpha value is -2.54. The Balaban J connectivity index is 2.11. The van der Waals surface area contributed by atoms with E-state index in [1.807, 2.05) is 43.3 Å². The summed E-state index contributed by atoms with van der Waals surface area (Å²) < 4.78 is 11.7. The minimum absolute atomic E-state index is 0.151. The molecule has 0 spiro atoms. The van der Waals surface area contributed by atoms with Crippen LogP contribution in [0.2, 0.25) is 0 Å². The maximum atomic E-state index is 12.8. The lowest BCUT2D eigenvalue weighted by Crippen LogP contribution is -2.49. The summed E-state index contributed by atoms with van der Waals surface area (Å²) in [7, 11) is 1.60. The molecule has 7 heteroatoms. The highest BCUT2D eigenvalue weighted by Gasteiger charge is 2.26. The average molecular weight is 449 g/mol. The summed E-state index contributed by atoms with van der Waals surface area (Å²) in [6.45, 7) is 4.21. The molecule has 0 aliphatic carbocycles. The molecule has 2 rings (SSSR count). The van der Waals surface area contributed by atoms with Gasteiger partial charge in [-0.1, -0.05) is 28.1 Å². The fourth-order valence-corrected chi connectivity index (χ4v) is 2.86. The van der Waals surface area contributed by atoms with E-state index in [0.717, 1.165) is 15.8 Å². The van der Waals surface area contributed by atoms with Crippen molar-refractivity contribution in [3.05, 3.63) is 58.6 Å². The highest BCUT2D eigenvalue weighted by Crippen LogP contribution is 2.18. The molecular weight excluding hydrogens is 424 g/mol. The van der Waals surface area contributed by atoms with Crippen LogP contribution in [0.5, 0.6) is 11.5 Å². The fourth-order valence-electron chi connectivity index (χ4n) is 2.59. The van der Waals surface area contributed by atoms with Crippen LogP contribution < -0.4 is 14.8 Å². The van der Waals surface area contributed by atoms with Gasteiger partial charge in [-0.25, -0.2) is 0 Å². The van der Waals surface area contributed by atoms with Crippen molar-refractivity contribution in [2.45, 2.75) is 26.4 Å². The normalized spacial score (nSPS) is 11.4. The van der Waals surface area contributed by atoms with Crippen LogP contribution in [0.15, 0.2) is 53.0 Å². The first-order valence-corrected chi connectivity index (χ1v) is 9.82. The highest BCUT2D eigenvalue weighted by atomic mass is 79.9. The zero-order chi connectivity index (χ0) is 20.5. The van der Waals surface area contributed by atoms with Gasteiger partial charge in [0.2, 0.25) is 5.91 Å². The molecule has 1 atom stereocenters. The number of nitrogens with one attached hydrogen (secondary N) is 1. The van der Waals surface area contributed by atoms with Gasteiger partial charge in [-0.15, -0.1) is 0 Å². The van der Waals surface area contributed by atoms with Gasteiger partial charge in [0.15, 0.2) is 6.61 Å². The van der Waals surface area contributed by atoms with Crippen LogP contribution >= 0.6 is 15.9 Å². The molecule has 2 aromatic rings. The summed E-state index contributed by atoms with van der Waals surface area (Å²) in [4.78, 5) is 26.7. The highest BCUT2D eigenvalue weighted by molar-refractivity contribution is 9.10. The van der Waals surface area contributed by atoms with Crippen molar-refractivity contribution in [1.29, 1.82) is 0 Å². The van der Waals surface area contributed by atoms with Crippen LogP contribution in [0.1, 0.15) is 19.4 Å².